The highest BCUT2D eigenvalue weighted by molar-refractivity contribution is 6.30. The molecule has 0 amide bonds. The van der Waals surface area contributed by atoms with Gasteiger partial charge in [0.1, 0.15) is 23.2 Å². The Balaban J connectivity index is 1.75. The third kappa shape index (κ3) is 2.84. The van der Waals surface area contributed by atoms with Gasteiger partial charge in [0.05, 0.1) is 0 Å². The molecule has 1 N–H and O–H groups in total. The van der Waals surface area contributed by atoms with Crippen LogP contribution in [0.25, 0.3) is 22.4 Å². The predicted octanol–water partition coefficient (Wildman–Crippen LogP) is 4.93. The van der Waals surface area contributed by atoms with E-state index < -0.39 is 0 Å². The van der Waals surface area contributed by atoms with Crippen LogP contribution in [0.2, 0.25) is 5.02 Å². The standard InChI is InChI=1S/C18H19ClN4O/c1-11-4-2-3-5-14(11)22-17-15-16(12-6-8-13(19)9-7-12)23-24-18(15)21-10-20-17/h6-11,14H,2-5H2,1H3,(H,20,21,22)/t11-,14-/m1/s1. The Bertz CT molecular complexity index is 846. The van der Waals surface area contributed by atoms with E-state index in [1.807, 2.05) is 24.3 Å². The third-order valence-corrected chi connectivity index (χ3v) is 5.08. The lowest BCUT2D eigenvalue weighted by Crippen LogP contribution is -2.30. The predicted molar refractivity (Wildman–Crippen MR) is 95.1 cm³/mol. The average Bonchev–Trinajstić information content (AvgIpc) is 3.03. The summed E-state index contributed by atoms with van der Waals surface area (Å²) >= 11 is 5.99. The molecule has 0 bridgehead atoms. The lowest BCUT2D eigenvalue weighted by molar-refractivity contribution is 0.349. The number of hydrogen-bond acceptors (Lipinski definition) is 5. The number of nitrogens with zero attached hydrogens (tertiary/aromatic N) is 3. The van der Waals surface area contributed by atoms with Crippen LogP contribution in [0.5, 0.6) is 0 Å². The molecule has 1 aliphatic carbocycles. The first-order chi connectivity index (χ1) is 11.7. The van der Waals surface area contributed by atoms with E-state index in [1.54, 1.807) is 0 Å². The molecule has 6 heteroatoms. The van der Waals surface area contributed by atoms with Crippen LogP contribution in [0, 0.1) is 5.92 Å². The summed E-state index contributed by atoms with van der Waals surface area (Å²) in [7, 11) is 0. The zero-order valence-corrected chi connectivity index (χ0v) is 14.3. The molecular formula is C18H19ClN4O. The number of fused-ring (bicyclic) bond motifs is 1. The largest absolute Gasteiger partial charge is 0.366 e. The van der Waals surface area contributed by atoms with Crippen LogP contribution in [-0.2, 0) is 0 Å². The molecule has 1 aliphatic rings. The van der Waals surface area contributed by atoms with Gasteiger partial charge in [-0.2, -0.15) is 4.98 Å². The average molecular weight is 343 g/mol. The second kappa shape index (κ2) is 6.40. The molecule has 0 spiro atoms. The lowest BCUT2D eigenvalue weighted by atomic mass is 9.86. The summed E-state index contributed by atoms with van der Waals surface area (Å²) in [6, 6.07) is 7.97. The molecule has 24 heavy (non-hydrogen) atoms. The molecule has 5 nitrogen and oxygen atoms in total. The van der Waals surface area contributed by atoms with Gasteiger partial charge in [-0.05, 0) is 30.9 Å². The van der Waals surface area contributed by atoms with Gasteiger partial charge in [0.25, 0.3) is 5.71 Å². The summed E-state index contributed by atoms with van der Waals surface area (Å²) in [6.45, 7) is 2.29. The molecule has 0 unspecified atom stereocenters. The smallest absolute Gasteiger partial charge is 0.263 e. The van der Waals surface area contributed by atoms with E-state index >= 15 is 0 Å². The van der Waals surface area contributed by atoms with Crippen molar-refractivity contribution in [1.82, 2.24) is 15.1 Å². The lowest BCUT2D eigenvalue weighted by Gasteiger charge is -2.30. The van der Waals surface area contributed by atoms with Crippen LogP contribution in [0.4, 0.5) is 5.82 Å². The first-order valence-electron chi connectivity index (χ1n) is 8.35. The van der Waals surface area contributed by atoms with Gasteiger partial charge in [-0.1, -0.05) is 48.7 Å². The van der Waals surface area contributed by atoms with Crippen molar-refractivity contribution in [3.05, 3.63) is 35.6 Å². The summed E-state index contributed by atoms with van der Waals surface area (Å²) in [5.41, 5.74) is 2.18. The number of hydrogen-bond donors (Lipinski definition) is 1. The number of benzene rings is 1. The summed E-state index contributed by atoms with van der Waals surface area (Å²) in [5, 5.41) is 9.33. The molecule has 1 fully saturated rings. The van der Waals surface area contributed by atoms with Crippen LogP contribution in [-0.4, -0.2) is 21.2 Å². The maximum absolute atomic E-state index is 5.99. The zero-order chi connectivity index (χ0) is 16.5. The Morgan fingerprint density at radius 1 is 1.12 bits per heavy atom. The molecule has 124 valence electrons. The maximum Gasteiger partial charge on any atom is 0.263 e. The second-order valence-corrected chi connectivity index (χ2v) is 6.89. The van der Waals surface area contributed by atoms with Crippen molar-refractivity contribution in [2.75, 3.05) is 5.32 Å². The molecule has 0 saturated heterocycles. The van der Waals surface area contributed by atoms with E-state index in [1.165, 1.54) is 25.6 Å². The van der Waals surface area contributed by atoms with Gasteiger partial charge < -0.3 is 9.84 Å². The van der Waals surface area contributed by atoms with E-state index in [0.717, 1.165) is 28.9 Å². The minimum atomic E-state index is 0.421. The molecule has 1 saturated carbocycles. The van der Waals surface area contributed by atoms with Gasteiger partial charge in [0.15, 0.2) is 0 Å². The fourth-order valence-electron chi connectivity index (χ4n) is 3.41. The van der Waals surface area contributed by atoms with Crippen LogP contribution < -0.4 is 5.32 Å². The number of halogens is 1. The number of nitrogens with one attached hydrogen (secondary N) is 1. The normalized spacial score (nSPS) is 21.1. The molecule has 4 rings (SSSR count). The molecule has 2 heterocycles. The summed E-state index contributed by atoms with van der Waals surface area (Å²) in [6.07, 6.45) is 6.49. The van der Waals surface area contributed by atoms with Gasteiger partial charge in [0, 0.05) is 16.6 Å². The molecular weight excluding hydrogens is 324 g/mol. The Morgan fingerprint density at radius 3 is 2.71 bits per heavy atom. The monoisotopic (exact) mass is 342 g/mol. The van der Waals surface area contributed by atoms with E-state index in [0.29, 0.717) is 22.7 Å². The second-order valence-electron chi connectivity index (χ2n) is 6.45. The molecule has 0 aliphatic heterocycles. The maximum atomic E-state index is 5.99. The van der Waals surface area contributed by atoms with E-state index in [4.69, 9.17) is 16.1 Å². The van der Waals surface area contributed by atoms with E-state index in [2.05, 4.69) is 27.4 Å². The first-order valence-corrected chi connectivity index (χ1v) is 8.73. The fourth-order valence-corrected chi connectivity index (χ4v) is 3.53. The SMILES string of the molecule is C[C@@H]1CCCC[C@H]1Nc1ncnc2onc(-c3ccc(Cl)cc3)c12. The Kier molecular flexibility index (Phi) is 4.10. The van der Waals surface area contributed by atoms with Crippen molar-refractivity contribution >= 4 is 28.5 Å². The zero-order valence-electron chi connectivity index (χ0n) is 13.5. The minimum Gasteiger partial charge on any atom is -0.366 e. The van der Waals surface area contributed by atoms with E-state index in [-0.39, 0.29) is 0 Å². The number of rotatable bonds is 3. The minimum absolute atomic E-state index is 0.421. The van der Waals surface area contributed by atoms with Crippen LogP contribution in [0.3, 0.4) is 0 Å². The van der Waals surface area contributed by atoms with Gasteiger partial charge >= 0.3 is 0 Å². The molecule has 3 aromatic rings. The van der Waals surface area contributed by atoms with Gasteiger partial charge in [-0.3, -0.25) is 0 Å². The highest BCUT2D eigenvalue weighted by Crippen LogP contribution is 2.34. The summed E-state index contributed by atoms with van der Waals surface area (Å²) in [4.78, 5) is 8.67. The van der Waals surface area contributed by atoms with Crippen molar-refractivity contribution in [1.29, 1.82) is 0 Å². The van der Waals surface area contributed by atoms with Crippen LogP contribution in [0.15, 0.2) is 35.1 Å². The van der Waals surface area contributed by atoms with Crippen LogP contribution >= 0.6 is 11.6 Å². The first kappa shape index (κ1) is 15.4. The Labute approximate surface area is 145 Å². The summed E-state index contributed by atoms with van der Waals surface area (Å²) in [5.74, 6) is 1.42. The summed E-state index contributed by atoms with van der Waals surface area (Å²) < 4.78 is 5.42. The molecule has 1 aromatic carbocycles. The van der Waals surface area contributed by atoms with Gasteiger partial charge in [0.2, 0.25) is 0 Å². The van der Waals surface area contributed by atoms with E-state index in [9.17, 15) is 0 Å². The highest BCUT2D eigenvalue weighted by Gasteiger charge is 2.24. The molecule has 0 radical (unpaired) electrons. The topological polar surface area (TPSA) is 63.8 Å². The van der Waals surface area contributed by atoms with Gasteiger partial charge in [-0.15, -0.1) is 0 Å². The molecule has 2 atom stereocenters. The van der Waals surface area contributed by atoms with Crippen molar-refractivity contribution in [3.63, 3.8) is 0 Å². The van der Waals surface area contributed by atoms with Crippen molar-refractivity contribution in [2.24, 2.45) is 5.92 Å². The quantitative estimate of drug-likeness (QED) is 0.731. The Morgan fingerprint density at radius 2 is 1.92 bits per heavy atom. The third-order valence-electron chi connectivity index (χ3n) is 4.82. The van der Waals surface area contributed by atoms with Crippen molar-refractivity contribution in [3.8, 4) is 11.3 Å². The van der Waals surface area contributed by atoms with Crippen molar-refractivity contribution < 1.29 is 4.52 Å². The van der Waals surface area contributed by atoms with Gasteiger partial charge in [-0.25, -0.2) is 4.98 Å². The van der Waals surface area contributed by atoms with Crippen LogP contribution in [0.1, 0.15) is 32.6 Å². The number of aromatic nitrogens is 3. The fraction of sp³-hybridized carbons (Fsp3) is 0.389. The number of anilines is 1. The Hall–Kier alpha value is -2.14. The van der Waals surface area contributed by atoms with Crippen molar-refractivity contribution in [2.45, 2.75) is 38.6 Å². The molecule has 2 aromatic heterocycles. The highest BCUT2D eigenvalue weighted by atomic mass is 35.5.